The molecule has 1 unspecified atom stereocenters. The molecule has 11 nitrogen and oxygen atoms in total. The number of ether oxygens (including phenoxy) is 1. The first-order valence-electron chi connectivity index (χ1n) is 13.6. The first-order chi connectivity index (χ1) is 19.8. The number of aliphatic hydroxyl groups excluding tert-OH is 1. The topological polar surface area (TPSA) is 131 Å². The molecule has 3 aromatic rings. The van der Waals surface area contributed by atoms with E-state index in [0.29, 0.717) is 17.3 Å². The number of aliphatic hydroxyl groups is 1. The van der Waals surface area contributed by atoms with Gasteiger partial charge in [0.2, 0.25) is 5.95 Å². The molecule has 2 aromatic carbocycles. The monoisotopic (exact) mass is 560 g/mol. The van der Waals surface area contributed by atoms with Crippen molar-refractivity contribution in [1.82, 2.24) is 24.8 Å². The number of rotatable bonds is 7. The Morgan fingerprint density at radius 1 is 1.15 bits per heavy atom. The zero-order valence-corrected chi connectivity index (χ0v) is 23.1. The van der Waals surface area contributed by atoms with Gasteiger partial charge in [-0.25, -0.2) is 14.4 Å². The van der Waals surface area contributed by atoms with Gasteiger partial charge < -0.3 is 29.9 Å². The number of nitriles is 1. The number of carbonyl (C=O) groups is 1. The fraction of sp³-hybridized carbons (Fsp3) is 0.414. The van der Waals surface area contributed by atoms with E-state index in [2.05, 4.69) is 55.3 Å². The Morgan fingerprint density at radius 3 is 2.59 bits per heavy atom. The number of piperidine rings is 1. The number of anilines is 3. The molecule has 2 aliphatic heterocycles. The van der Waals surface area contributed by atoms with Crippen LogP contribution in [0.2, 0.25) is 0 Å². The molecule has 0 aliphatic carbocycles. The molecule has 3 heterocycles. The summed E-state index contributed by atoms with van der Waals surface area (Å²) in [6.45, 7) is 5.51. The van der Waals surface area contributed by atoms with Gasteiger partial charge >= 0.3 is 0 Å². The van der Waals surface area contributed by atoms with E-state index in [1.54, 1.807) is 18.2 Å². The Kier molecular flexibility index (Phi) is 8.56. The van der Waals surface area contributed by atoms with E-state index < -0.39 is 24.3 Å². The third-order valence-electron chi connectivity index (χ3n) is 7.35. The van der Waals surface area contributed by atoms with Crippen LogP contribution in [-0.2, 0) is 4.79 Å². The molecule has 2 aliphatic rings. The highest BCUT2D eigenvalue weighted by atomic mass is 19.1. The standard InChI is InChI=1S/C29H33FN8O3/c1-19(39)28(40)38-10-9-26(24(30)17-38)41-25-8-3-20(15-21(25)16-31)27-32-18-33-29(35-27)34-22-4-6-23(7-5-22)37-13-11-36(2)12-14-37/h3-8,15,18-19,24,26,39H,9-14,17H2,1-2H3,(H,32,33,34,35)/t19?,24-,26+/m1/s1. The van der Waals surface area contributed by atoms with Crippen molar-refractivity contribution < 1.29 is 19.0 Å². The predicted molar refractivity (Wildman–Crippen MR) is 152 cm³/mol. The number of aromatic nitrogens is 3. The van der Waals surface area contributed by atoms with Crippen molar-refractivity contribution in [1.29, 1.82) is 5.26 Å². The number of hydrogen-bond acceptors (Lipinski definition) is 10. The van der Waals surface area contributed by atoms with Crippen LogP contribution >= 0.6 is 0 Å². The normalized spacial score (nSPS) is 20.3. The van der Waals surface area contributed by atoms with E-state index >= 15 is 0 Å². The fourth-order valence-electron chi connectivity index (χ4n) is 4.95. The summed E-state index contributed by atoms with van der Waals surface area (Å²) in [7, 11) is 2.13. The quantitative estimate of drug-likeness (QED) is 0.445. The average Bonchev–Trinajstić information content (AvgIpc) is 2.99. The van der Waals surface area contributed by atoms with Gasteiger partial charge in [-0.3, -0.25) is 4.79 Å². The first kappa shape index (κ1) is 28.2. The lowest BCUT2D eigenvalue weighted by atomic mass is 10.0. The van der Waals surface area contributed by atoms with E-state index in [0.717, 1.165) is 31.9 Å². The minimum Gasteiger partial charge on any atom is -0.486 e. The number of nitrogens with one attached hydrogen (secondary N) is 1. The maximum absolute atomic E-state index is 14.8. The molecule has 2 N–H and O–H groups in total. The van der Waals surface area contributed by atoms with Gasteiger partial charge in [0.15, 0.2) is 12.0 Å². The van der Waals surface area contributed by atoms with E-state index in [4.69, 9.17) is 4.74 Å². The van der Waals surface area contributed by atoms with E-state index in [1.165, 1.54) is 23.8 Å². The lowest BCUT2D eigenvalue weighted by molar-refractivity contribution is -0.143. The van der Waals surface area contributed by atoms with Crippen molar-refractivity contribution in [2.75, 3.05) is 56.5 Å². The molecule has 1 amide bonds. The van der Waals surface area contributed by atoms with E-state index in [9.17, 15) is 19.6 Å². The van der Waals surface area contributed by atoms with Crippen LogP contribution < -0.4 is 15.0 Å². The zero-order valence-electron chi connectivity index (χ0n) is 23.1. The van der Waals surface area contributed by atoms with Crippen LogP contribution in [0.4, 0.5) is 21.7 Å². The Morgan fingerprint density at radius 2 is 1.90 bits per heavy atom. The highest BCUT2D eigenvalue weighted by molar-refractivity contribution is 5.80. The summed E-state index contributed by atoms with van der Waals surface area (Å²) in [6.07, 6.45) is -1.82. The number of piperazine rings is 1. The highest BCUT2D eigenvalue weighted by Crippen LogP contribution is 2.29. The summed E-state index contributed by atoms with van der Waals surface area (Å²) >= 11 is 0. The van der Waals surface area contributed by atoms with Crippen LogP contribution in [0.5, 0.6) is 5.75 Å². The van der Waals surface area contributed by atoms with Crippen molar-refractivity contribution in [2.45, 2.75) is 31.7 Å². The van der Waals surface area contributed by atoms with Gasteiger partial charge in [-0.2, -0.15) is 10.2 Å². The Bertz CT molecular complexity index is 1410. The summed E-state index contributed by atoms with van der Waals surface area (Å²) in [4.78, 5) is 31.0. The van der Waals surface area contributed by atoms with Crippen LogP contribution in [-0.4, -0.2) is 100 Å². The Hall–Kier alpha value is -4.34. The third-order valence-corrected chi connectivity index (χ3v) is 7.35. The largest absolute Gasteiger partial charge is 0.486 e. The van der Waals surface area contributed by atoms with Gasteiger partial charge in [0.25, 0.3) is 5.91 Å². The maximum atomic E-state index is 14.8. The molecule has 0 saturated carbocycles. The molecule has 2 fully saturated rings. The number of carbonyl (C=O) groups excluding carboxylic acids is 1. The van der Waals surface area contributed by atoms with Crippen LogP contribution in [0.1, 0.15) is 18.9 Å². The second-order valence-corrected chi connectivity index (χ2v) is 10.3. The number of alkyl halides is 1. The van der Waals surface area contributed by atoms with Crippen molar-refractivity contribution in [3.8, 4) is 23.2 Å². The molecule has 0 bridgehead atoms. The second-order valence-electron chi connectivity index (χ2n) is 10.3. The number of halogens is 1. The van der Waals surface area contributed by atoms with Crippen LogP contribution in [0, 0.1) is 11.3 Å². The minimum atomic E-state index is -1.45. The number of benzene rings is 2. The molecule has 5 rings (SSSR count). The van der Waals surface area contributed by atoms with Crippen LogP contribution in [0.3, 0.4) is 0 Å². The maximum Gasteiger partial charge on any atom is 0.251 e. The smallest absolute Gasteiger partial charge is 0.251 e. The van der Waals surface area contributed by atoms with Crippen LogP contribution in [0.25, 0.3) is 11.4 Å². The van der Waals surface area contributed by atoms with Gasteiger partial charge in [-0.15, -0.1) is 0 Å². The summed E-state index contributed by atoms with van der Waals surface area (Å²) in [5, 5.41) is 22.5. The molecule has 2 saturated heterocycles. The molecule has 0 spiro atoms. The second kappa shape index (κ2) is 12.4. The fourth-order valence-corrected chi connectivity index (χ4v) is 4.95. The molecule has 214 valence electrons. The summed E-state index contributed by atoms with van der Waals surface area (Å²) < 4.78 is 20.7. The molecule has 41 heavy (non-hydrogen) atoms. The Balaban J connectivity index is 1.24. The molecule has 3 atom stereocenters. The summed E-state index contributed by atoms with van der Waals surface area (Å²) in [5.41, 5.74) is 2.80. The molecule has 1 aromatic heterocycles. The van der Waals surface area contributed by atoms with Crippen LogP contribution in [0.15, 0.2) is 48.8 Å². The van der Waals surface area contributed by atoms with Gasteiger partial charge in [0.1, 0.15) is 30.4 Å². The van der Waals surface area contributed by atoms with Gasteiger partial charge in [-0.05, 0) is 56.4 Å². The molecular formula is C29H33FN8O3. The van der Waals surface area contributed by atoms with Gasteiger partial charge in [-0.1, -0.05) is 0 Å². The molecular weight excluding hydrogens is 527 g/mol. The minimum absolute atomic E-state index is 0.173. The summed E-state index contributed by atoms with van der Waals surface area (Å²) in [5.74, 6) is 0.460. The number of likely N-dealkylation sites (N-methyl/N-ethyl adjacent to an activating group) is 1. The molecule has 0 radical (unpaired) electrons. The van der Waals surface area contributed by atoms with Crippen molar-refractivity contribution in [3.63, 3.8) is 0 Å². The lowest BCUT2D eigenvalue weighted by Gasteiger charge is -2.35. The van der Waals surface area contributed by atoms with E-state index in [-0.39, 0.29) is 30.8 Å². The van der Waals surface area contributed by atoms with Gasteiger partial charge in [0, 0.05) is 56.1 Å². The summed E-state index contributed by atoms with van der Waals surface area (Å²) in [6, 6.07) is 15.1. The van der Waals surface area contributed by atoms with E-state index in [1.807, 2.05) is 12.1 Å². The van der Waals surface area contributed by atoms with Crippen molar-refractivity contribution >= 4 is 23.2 Å². The number of nitrogens with zero attached hydrogens (tertiary/aromatic N) is 7. The van der Waals surface area contributed by atoms with Crippen molar-refractivity contribution in [3.05, 3.63) is 54.4 Å². The SMILES string of the molecule is CC(O)C(=O)N1CC[C@H](Oc2ccc(-c3ncnc(Nc4ccc(N5CCN(C)CC5)cc4)n3)cc2C#N)[C@H](F)C1. The number of amides is 1. The lowest BCUT2D eigenvalue weighted by Crippen LogP contribution is -2.51. The van der Waals surface area contributed by atoms with Gasteiger partial charge in [0.05, 0.1) is 12.1 Å². The predicted octanol–water partition coefficient (Wildman–Crippen LogP) is 2.60. The first-order valence-corrected chi connectivity index (χ1v) is 13.6. The average molecular weight is 561 g/mol. The van der Waals surface area contributed by atoms with Crippen molar-refractivity contribution in [2.24, 2.45) is 0 Å². The number of hydrogen-bond donors (Lipinski definition) is 2. The number of likely N-dealkylation sites (tertiary alicyclic amines) is 1. The Labute approximate surface area is 238 Å². The zero-order chi connectivity index (χ0) is 28.9. The highest BCUT2D eigenvalue weighted by Gasteiger charge is 2.34. The third kappa shape index (κ3) is 6.70. The molecule has 12 heteroatoms.